The van der Waals surface area contributed by atoms with Crippen molar-refractivity contribution in [2.24, 2.45) is 5.92 Å². The summed E-state index contributed by atoms with van der Waals surface area (Å²) in [4.78, 5) is 16.0. The van der Waals surface area contributed by atoms with Gasteiger partial charge in [0.25, 0.3) is 0 Å². The molecule has 0 bridgehead atoms. The fourth-order valence-corrected chi connectivity index (χ4v) is 4.53. The number of carbonyl (C=O) groups is 1. The number of carbonyl (C=O) groups excluding carboxylic acids is 1. The second-order valence-electron chi connectivity index (χ2n) is 8.38. The maximum Gasteiger partial charge on any atom is 0.169 e. The molecule has 1 saturated carbocycles. The fourth-order valence-electron chi connectivity index (χ4n) is 4.53. The van der Waals surface area contributed by atoms with Gasteiger partial charge in [-0.05, 0) is 69.7 Å². The molecule has 0 saturated heterocycles. The molecule has 1 heterocycles. The van der Waals surface area contributed by atoms with E-state index >= 15 is 0 Å². The van der Waals surface area contributed by atoms with Crippen LogP contribution < -0.4 is 10.1 Å². The number of aryl methyl sites for hydroxylation is 3. The number of aliphatic hydroxyl groups is 1. The Balaban J connectivity index is 1.34. The molecular weight excluding hydrogens is 352 g/mol. The molecule has 28 heavy (non-hydrogen) atoms. The zero-order valence-electron chi connectivity index (χ0n) is 16.9. The number of aromatic nitrogens is 1. The number of ketones is 1. The first-order valence-electron chi connectivity index (χ1n) is 10.3. The summed E-state index contributed by atoms with van der Waals surface area (Å²) in [5.74, 6) is 1.05. The summed E-state index contributed by atoms with van der Waals surface area (Å²) in [6.07, 6.45) is 2.65. The molecule has 1 aromatic carbocycles. The number of aliphatic hydroxyl groups excluding tert-OH is 1. The molecule has 4 rings (SSSR count). The number of hydrogen-bond donors (Lipinski definition) is 3. The minimum atomic E-state index is -0.566. The molecule has 3 N–H and O–H groups in total. The highest BCUT2D eigenvalue weighted by molar-refractivity contribution is 6.00. The van der Waals surface area contributed by atoms with Crippen molar-refractivity contribution >= 4 is 5.78 Å². The summed E-state index contributed by atoms with van der Waals surface area (Å²) >= 11 is 0. The van der Waals surface area contributed by atoms with Gasteiger partial charge >= 0.3 is 0 Å². The third-order valence-electron chi connectivity index (χ3n) is 6.43. The van der Waals surface area contributed by atoms with E-state index < -0.39 is 6.10 Å². The van der Waals surface area contributed by atoms with Crippen molar-refractivity contribution in [3.8, 4) is 5.75 Å². The monoisotopic (exact) mass is 382 g/mol. The smallest absolute Gasteiger partial charge is 0.169 e. The van der Waals surface area contributed by atoms with Crippen molar-refractivity contribution in [1.29, 1.82) is 0 Å². The van der Waals surface area contributed by atoms with Crippen LogP contribution in [-0.4, -0.2) is 40.7 Å². The van der Waals surface area contributed by atoms with Crippen LogP contribution in [-0.2, 0) is 6.42 Å². The molecule has 150 valence electrons. The Hall–Kier alpha value is -2.11. The van der Waals surface area contributed by atoms with Gasteiger partial charge in [-0.1, -0.05) is 12.1 Å². The first-order chi connectivity index (χ1) is 13.4. The lowest BCUT2D eigenvalue weighted by atomic mass is 9.86. The highest BCUT2D eigenvalue weighted by atomic mass is 16.5. The second kappa shape index (κ2) is 7.72. The van der Waals surface area contributed by atoms with E-state index in [0.29, 0.717) is 6.54 Å². The van der Waals surface area contributed by atoms with E-state index in [1.807, 2.05) is 32.0 Å². The van der Waals surface area contributed by atoms with Crippen molar-refractivity contribution in [1.82, 2.24) is 10.3 Å². The van der Waals surface area contributed by atoms with Crippen molar-refractivity contribution in [3.05, 3.63) is 52.3 Å². The summed E-state index contributed by atoms with van der Waals surface area (Å²) in [5, 5.41) is 14.2. The molecule has 0 spiro atoms. The highest BCUT2D eigenvalue weighted by Crippen LogP contribution is 2.30. The standard InChI is InChI=1S/C23H30N2O3/c1-13-5-4-6-20(15(13)3)28-21-10-9-19(23(21)27)24-12-16-7-8-18-17(22(16)26)11-14(2)25-18/h4-6,11,16,19,21,23-25,27H,7-10,12H2,1-3H3. The van der Waals surface area contributed by atoms with Gasteiger partial charge < -0.3 is 20.1 Å². The summed E-state index contributed by atoms with van der Waals surface area (Å²) in [5.41, 5.74) is 5.27. The van der Waals surface area contributed by atoms with Crippen LogP contribution in [0.25, 0.3) is 0 Å². The number of Topliss-reactive ketones (excluding diaryl/α,β-unsaturated/α-hetero) is 1. The van der Waals surface area contributed by atoms with Crippen molar-refractivity contribution in [2.75, 3.05) is 6.54 Å². The average molecular weight is 383 g/mol. The predicted octanol–water partition coefficient (Wildman–Crippen LogP) is 3.25. The lowest BCUT2D eigenvalue weighted by Crippen LogP contribution is -2.44. The van der Waals surface area contributed by atoms with Crippen LogP contribution in [0, 0.1) is 26.7 Å². The predicted molar refractivity (Wildman–Crippen MR) is 109 cm³/mol. The van der Waals surface area contributed by atoms with Gasteiger partial charge in [-0.3, -0.25) is 4.79 Å². The van der Waals surface area contributed by atoms with Gasteiger partial charge in [0, 0.05) is 35.5 Å². The quantitative estimate of drug-likeness (QED) is 0.742. The van der Waals surface area contributed by atoms with Crippen LogP contribution in [0.2, 0.25) is 0 Å². The van der Waals surface area contributed by atoms with Crippen LogP contribution in [0.5, 0.6) is 5.75 Å². The SMILES string of the molecule is Cc1cc2c([nH]1)CCC(CNC1CCC(Oc3cccc(C)c3C)C1O)C2=O. The fraction of sp³-hybridized carbons (Fsp3) is 0.522. The first-order valence-corrected chi connectivity index (χ1v) is 10.3. The van der Waals surface area contributed by atoms with E-state index in [-0.39, 0.29) is 23.8 Å². The second-order valence-corrected chi connectivity index (χ2v) is 8.38. The van der Waals surface area contributed by atoms with Gasteiger partial charge in [0.1, 0.15) is 18.0 Å². The zero-order valence-corrected chi connectivity index (χ0v) is 16.9. The molecular formula is C23H30N2O3. The Morgan fingerprint density at radius 3 is 2.86 bits per heavy atom. The summed E-state index contributed by atoms with van der Waals surface area (Å²) in [6, 6.07) is 7.95. The highest BCUT2D eigenvalue weighted by Gasteiger charge is 2.37. The Kier molecular flexibility index (Phi) is 5.30. The van der Waals surface area contributed by atoms with E-state index in [0.717, 1.165) is 53.9 Å². The molecule has 4 unspecified atom stereocenters. The topological polar surface area (TPSA) is 74.3 Å². The first kappa shape index (κ1) is 19.2. The summed E-state index contributed by atoms with van der Waals surface area (Å²) in [7, 11) is 0. The molecule has 0 radical (unpaired) electrons. The number of H-pyrrole nitrogens is 1. The number of benzene rings is 1. The van der Waals surface area contributed by atoms with Crippen LogP contribution in [0.1, 0.15) is 52.1 Å². The average Bonchev–Trinajstić information content (AvgIpc) is 3.22. The van der Waals surface area contributed by atoms with Crippen molar-refractivity contribution in [3.63, 3.8) is 0 Å². The normalized spacial score (nSPS) is 27.1. The van der Waals surface area contributed by atoms with E-state index in [4.69, 9.17) is 4.74 Å². The number of fused-ring (bicyclic) bond motifs is 1. The molecule has 0 amide bonds. The van der Waals surface area contributed by atoms with E-state index in [1.165, 1.54) is 5.56 Å². The number of aromatic amines is 1. The van der Waals surface area contributed by atoms with Gasteiger partial charge in [-0.25, -0.2) is 0 Å². The van der Waals surface area contributed by atoms with Gasteiger partial charge in [0.15, 0.2) is 5.78 Å². The zero-order chi connectivity index (χ0) is 19.8. The number of nitrogens with one attached hydrogen (secondary N) is 2. The molecule has 5 nitrogen and oxygen atoms in total. The van der Waals surface area contributed by atoms with Crippen molar-refractivity contribution < 1.29 is 14.6 Å². The maximum absolute atomic E-state index is 12.7. The molecule has 2 aliphatic rings. The van der Waals surface area contributed by atoms with Crippen LogP contribution in [0.3, 0.4) is 0 Å². The summed E-state index contributed by atoms with van der Waals surface area (Å²) < 4.78 is 6.13. The third kappa shape index (κ3) is 3.61. The third-order valence-corrected chi connectivity index (χ3v) is 6.43. The minimum absolute atomic E-state index is 0.0196. The van der Waals surface area contributed by atoms with Crippen LogP contribution in [0.4, 0.5) is 0 Å². The van der Waals surface area contributed by atoms with Crippen LogP contribution >= 0.6 is 0 Å². The van der Waals surface area contributed by atoms with Crippen molar-refractivity contribution in [2.45, 2.75) is 64.7 Å². The van der Waals surface area contributed by atoms with Crippen LogP contribution in [0.15, 0.2) is 24.3 Å². The molecule has 4 atom stereocenters. The van der Waals surface area contributed by atoms with E-state index in [2.05, 4.69) is 23.3 Å². The van der Waals surface area contributed by atoms with E-state index in [9.17, 15) is 9.90 Å². The lowest BCUT2D eigenvalue weighted by Gasteiger charge is -2.26. The molecule has 2 aromatic rings. The van der Waals surface area contributed by atoms with Gasteiger partial charge in [0.2, 0.25) is 0 Å². The lowest BCUT2D eigenvalue weighted by molar-refractivity contribution is 0.0437. The van der Waals surface area contributed by atoms with Gasteiger partial charge in [-0.2, -0.15) is 0 Å². The Morgan fingerprint density at radius 2 is 2.04 bits per heavy atom. The molecule has 5 heteroatoms. The van der Waals surface area contributed by atoms with Gasteiger partial charge in [-0.15, -0.1) is 0 Å². The Labute approximate surface area is 166 Å². The maximum atomic E-state index is 12.7. The molecule has 1 fully saturated rings. The van der Waals surface area contributed by atoms with Gasteiger partial charge in [0.05, 0.1) is 0 Å². The molecule has 0 aliphatic heterocycles. The number of ether oxygens (including phenoxy) is 1. The molecule has 2 aliphatic carbocycles. The largest absolute Gasteiger partial charge is 0.487 e. The summed E-state index contributed by atoms with van der Waals surface area (Å²) in [6.45, 7) is 6.72. The Morgan fingerprint density at radius 1 is 1.21 bits per heavy atom. The Bertz CT molecular complexity index is 873. The van der Waals surface area contributed by atoms with E-state index in [1.54, 1.807) is 0 Å². The molecule has 1 aromatic heterocycles. The number of rotatable bonds is 5. The number of hydrogen-bond acceptors (Lipinski definition) is 4. The minimum Gasteiger partial charge on any atom is -0.487 e.